The zero-order valence-corrected chi connectivity index (χ0v) is 17.8. The van der Waals surface area contributed by atoms with Gasteiger partial charge in [0, 0.05) is 19.2 Å². The maximum Gasteiger partial charge on any atom is 0.344 e. The Kier molecular flexibility index (Phi) is 5.87. The molecule has 0 saturated carbocycles. The number of rotatable bonds is 6. The average molecular weight is 454 g/mol. The number of halogens is 1. The van der Waals surface area contributed by atoms with Crippen molar-refractivity contribution in [2.24, 2.45) is 7.05 Å². The van der Waals surface area contributed by atoms with Crippen LogP contribution in [0, 0.1) is 12.7 Å². The van der Waals surface area contributed by atoms with Crippen LogP contribution in [-0.4, -0.2) is 43.4 Å². The summed E-state index contributed by atoms with van der Waals surface area (Å²) in [7, 11) is 2.93. The van der Waals surface area contributed by atoms with Gasteiger partial charge in [-0.15, -0.1) is 5.10 Å². The lowest BCUT2D eigenvalue weighted by molar-refractivity contribution is 0.101. The van der Waals surface area contributed by atoms with E-state index < -0.39 is 17.8 Å². The second kappa shape index (κ2) is 8.92. The van der Waals surface area contributed by atoms with Crippen LogP contribution in [0.1, 0.15) is 16.2 Å². The van der Waals surface area contributed by atoms with Crippen LogP contribution in [0.5, 0.6) is 11.6 Å². The average Bonchev–Trinajstić information content (AvgIpc) is 3.31. The van der Waals surface area contributed by atoms with E-state index in [1.165, 1.54) is 40.7 Å². The fourth-order valence-corrected chi connectivity index (χ4v) is 3.01. The minimum atomic E-state index is -0.627. The fourth-order valence-electron chi connectivity index (χ4n) is 3.01. The fraction of sp³-hybridized carbons (Fsp3) is 0.150. The van der Waals surface area contributed by atoms with Crippen LogP contribution < -0.4 is 20.9 Å². The van der Waals surface area contributed by atoms with E-state index in [1.54, 1.807) is 32.2 Å². The predicted molar refractivity (Wildman–Crippen MR) is 115 cm³/mol. The number of imidazole rings is 1. The van der Waals surface area contributed by atoms with Crippen molar-refractivity contribution >= 4 is 29.1 Å². The van der Waals surface area contributed by atoms with Crippen molar-refractivity contribution in [3.63, 3.8) is 0 Å². The maximum atomic E-state index is 14.3. The van der Waals surface area contributed by atoms with Gasteiger partial charge in [0.25, 0.3) is 5.91 Å². The van der Waals surface area contributed by atoms with E-state index in [0.717, 1.165) is 0 Å². The van der Waals surface area contributed by atoms with Gasteiger partial charge in [-0.2, -0.15) is 5.10 Å². The molecule has 3 amide bonds. The van der Waals surface area contributed by atoms with Crippen molar-refractivity contribution in [3.05, 3.63) is 59.8 Å². The van der Waals surface area contributed by atoms with Gasteiger partial charge in [-0.05, 0) is 31.2 Å². The van der Waals surface area contributed by atoms with Gasteiger partial charge in [0.05, 0.1) is 24.7 Å². The molecule has 3 aromatic heterocycles. The summed E-state index contributed by atoms with van der Waals surface area (Å²) in [5.74, 6) is -0.467. The minimum absolute atomic E-state index is 0.0595. The second-order valence-electron chi connectivity index (χ2n) is 6.85. The zero-order valence-electron chi connectivity index (χ0n) is 17.8. The monoisotopic (exact) mass is 454 g/mol. The van der Waals surface area contributed by atoms with Crippen molar-refractivity contribution in [3.8, 4) is 11.6 Å². The number of carbonyl (C=O) groups is 2. The van der Waals surface area contributed by atoms with Gasteiger partial charge >= 0.3 is 6.03 Å². The Hall–Kier alpha value is -4.52. The number of amides is 3. The molecule has 4 aromatic rings. The quantitative estimate of drug-likeness (QED) is 0.381. The third-order valence-electron chi connectivity index (χ3n) is 4.37. The van der Waals surface area contributed by atoms with E-state index in [2.05, 4.69) is 36.1 Å². The molecule has 1 aromatic carbocycles. The van der Waals surface area contributed by atoms with E-state index in [1.807, 2.05) is 0 Å². The lowest BCUT2D eigenvalue weighted by Gasteiger charge is -2.10. The Morgan fingerprint density at radius 2 is 1.91 bits per heavy atom. The first-order valence-electron chi connectivity index (χ1n) is 9.58. The molecule has 0 aliphatic carbocycles. The molecule has 0 bridgehead atoms. The maximum absolute atomic E-state index is 14.3. The number of hydrogen-bond acceptors (Lipinski definition) is 7. The molecular weight excluding hydrogens is 435 g/mol. The summed E-state index contributed by atoms with van der Waals surface area (Å²) < 4.78 is 22.8. The third kappa shape index (κ3) is 4.88. The Labute approximate surface area is 186 Å². The zero-order chi connectivity index (χ0) is 23.5. The highest BCUT2D eigenvalue weighted by Crippen LogP contribution is 2.26. The lowest BCUT2D eigenvalue weighted by Crippen LogP contribution is -2.27. The molecule has 0 aliphatic rings. The SMILES string of the molecule is CONC(=O)Nc1cn2nc(Oc3ccc(F)c(NC(=O)c4cc(C)nn4C)c3)ccc2n1. The standard InChI is InChI=1S/C20H19FN8O4/c1-11-8-15(28(2)25-11)19(30)22-14-9-12(4-5-13(14)21)33-18-7-6-17-23-16(10-29(17)26-18)24-20(31)27-32-3/h4-10H,1-3H3,(H,22,30)(H2,24,27,31). The van der Waals surface area contributed by atoms with Crippen molar-refractivity contribution in [2.75, 3.05) is 17.7 Å². The summed E-state index contributed by atoms with van der Waals surface area (Å²) in [6, 6.07) is 8.10. The normalized spacial score (nSPS) is 10.8. The number of aromatic nitrogens is 5. The Balaban J connectivity index is 1.51. The molecule has 0 spiro atoms. The first-order chi connectivity index (χ1) is 15.8. The number of benzene rings is 1. The number of ether oxygens (including phenoxy) is 1. The number of nitrogens with zero attached hydrogens (tertiary/aromatic N) is 5. The summed E-state index contributed by atoms with van der Waals surface area (Å²) >= 11 is 0. The molecule has 33 heavy (non-hydrogen) atoms. The lowest BCUT2D eigenvalue weighted by atomic mass is 10.2. The van der Waals surface area contributed by atoms with E-state index in [4.69, 9.17) is 4.74 Å². The summed E-state index contributed by atoms with van der Waals surface area (Å²) in [4.78, 5) is 32.7. The van der Waals surface area contributed by atoms with Crippen molar-refractivity contribution in [1.82, 2.24) is 29.9 Å². The largest absolute Gasteiger partial charge is 0.438 e. The van der Waals surface area contributed by atoms with Crippen molar-refractivity contribution < 1.29 is 23.6 Å². The number of urea groups is 1. The van der Waals surface area contributed by atoms with Crippen LogP contribution in [-0.2, 0) is 11.9 Å². The molecule has 0 fully saturated rings. The van der Waals surface area contributed by atoms with Gasteiger partial charge in [0.2, 0.25) is 5.88 Å². The van der Waals surface area contributed by atoms with Crippen LogP contribution in [0.3, 0.4) is 0 Å². The van der Waals surface area contributed by atoms with Crippen molar-refractivity contribution in [2.45, 2.75) is 6.92 Å². The highest BCUT2D eigenvalue weighted by atomic mass is 19.1. The van der Waals surface area contributed by atoms with Crippen LogP contribution in [0.4, 0.5) is 20.7 Å². The summed E-state index contributed by atoms with van der Waals surface area (Å²) in [6.07, 6.45) is 1.48. The molecule has 12 nitrogen and oxygen atoms in total. The molecule has 3 heterocycles. The highest BCUT2D eigenvalue weighted by molar-refractivity contribution is 6.03. The molecule has 170 valence electrons. The Bertz CT molecular complexity index is 1350. The molecule has 4 rings (SSSR count). The minimum Gasteiger partial charge on any atom is -0.438 e. The van der Waals surface area contributed by atoms with Crippen molar-refractivity contribution in [1.29, 1.82) is 0 Å². The Morgan fingerprint density at radius 3 is 2.64 bits per heavy atom. The number of fused-ring (bicyclic) bond motifs is 1. The van der Waals surface area contributed by atoms with Crippen LogP contribution in [0.25, 0.3) is 5.65 Å². The molecule has 0 saturated heterocycles. The molecule has 3 N–H and O–H groups in total. The smallest absolute Gasteiger partial charge is 0.344 e. The van der Waals surface area contributed by atoms with Crippen LogP contribution in [0.2, 0.25) is 0 Å². The number of hydrogen-bond donors (Lipinski definition) is 3. The van der Waals surface area contributed by atoms with Gasteiger partial charge < -0.3 is 10.1 Å². The number of hydroxylamine groups is 1. The third-order valence-corrected chi connectivity index (χ3v) is 4.37. The number of carbonyl (C=O) groups excluding carboxylic acids is 2. The van der Waals surface area contributed by atoms with Gasteiger partial charge in [0.15, 0.2) is 11.5 Å². The van der Waals surface area contributed by atoms with Gasteiger partial charge in [-0.3, -0.25) is 19.6 Å². The topological polar surface area (TPSA) is 137 Å². The number of anilines is 2. The molecule has 13 heteroatoms. The highest BCUT2D eigenvalue weighted by Gasteiger charge is 2.15. The van der Waals surface area contributed by atoms with E-state index in [-0.39, 0.29) is 28.8 Å². The Morgan fingerprint density at radius 1 is 1.09 bits per heavy atom. The number of nitrogens with one attached hydrogen (secondary N) is 3. The summed E-state index contributed by atoms with van der Waals surface area (Å²) in [5, 5.41) is 13.4. The van der Waals surface area contributed by atoms with E-state index in [0.29, 0.717) is 11.3 Å². The first kappa shape index (κ1) is 21.7. The predicted octanol–water partition coefficient (Wildman–Crippen LogP) is 2.64. The van der Waals surface area contributed by atoms with Gasteiger partial charge in [0.1, 0.15) is 17.3 Å². The second-order valence-corrected chi connectivity index (χ2v) is 6.85. The molecule has 0 radical (unpaired) electrons. The molecule has 0 aliphatic heterocycles. The molecule has 0 atom stereocenters. The van der Waals surface area contributed by atoms with Crippen LogP contribution in [0.15, 0.2) is 42.6 Å². The molecule has 0 unspecified atom stereocenters. The number of aryl methyl sites for hydroxylation is 2. The van der Waals surface area contributed by atoms with Gasteiger partial charge in [-0.25, -0.2) is 24.2 Å². The van der Waals surface area contributed by atoms with E-state index >= 15 is 0 Å². The molecular formula is C20H19FN8O4. The van der Waals surface area contributed by atoms with E-state index in [9.17, 15) is 14.0 Å². The summed E-state index contributed by atoms with van der Waals surface area (Å²) in [5.41, 5.74) is 3.46. The van der Waals surface area contributed by atoms with Crippen LogP contribution >= 0.6 is 0 Å². The summed E-state index contributed by atoms with van der Waals surface area (Å²) in [6.45, 7) is 1.75. The first-order valence-corrected chi connectivity index (χ1v) is 9.58. The van der Waals surface area contributed by atoms with Gasteiger partial charge in [-0.1, -0.05) is 0 Å².